The molecule has 0 amide bonds. The SMILES string of the molecule is CCCC(C)CNC(c1ccccc1)C(C)(C)C. The summed E-state index contributed by atoms with van der Waals surface area (Å²) in [6.45, 7) is 12.6. The summed E-state index contributed by atoms with van der Waals surface area (Å²) in [5.74, 6) is 0.753. The first-order valence-electron chi connectivity index (χ1n) is 7.23. The predicted octanol–water partition coefficient (Wildman–Crippen LogP) is 4.80. The number of hydrogen-bond donors (Lipinski definition) is 1. The molecule has 0 spiro atoms. The molecule has 0 aliphatic rings. The van der Waals surface area contributed by atoms with Gasteiger partial charge < -0.3 is 5.32 Å². The Morgan fingerprint density at radius 1 is 1.11 bits per heavy atom. The van der Waals surface area contributed by atoms with Gasteiger partial charge in [-0.1, -0.05) is 71.4 Å². The molecule has 0 aromatic heterocycles. The smallest absolute Gasteiger partial charge is 0.0369 e. The van der Waals surface area contributed by atoms with Crippen LogP contribution in [0.2, 0.25) is 0 Å². The third-order valence-corrected chi connectivity index (χ3v) is 3.45. The molecule has 0 radical (unpaired) electrons. The predicted molar refractivity (Wildman–Crippen MR) is 80.7 cm³/mol. The van der Waals surface area contributed by atoms with Crippen molar-refractivity contribution >= 4 is 0 Å². The molecule has 1 aromatic carbocycles. The number of hydrogen-bond acceptors (Lipinski definition) is 1. The highest BCUT2D eigenvalue weighted by molar-refractivity contribution is 5.20. The van der Waals surface area contributed by atoms with Gasteiger partial charge in [-0.3, -0.25) is 0 Å². The Bertz CT molecular complexity index is 323. The second-order valence-corrected chi connectivity index (χ2v) is 6.51. The molecule has 1 N–H and O–H groups in total. The van der Waals surface area contributed by atoms with Crippen molar-refractivity contribution in [2.24, 2.45) is 11.3 Å². The fourth-order valence-electron chi connectivity index (χ4n) is 2.48. The Hall–Kier alpha value is -0.820. The minimum Gasteiger partial charge on any atom is -0.309 e. The molecular weight excluding hydrogens is 218 g/mol. The molecular formula is C17H29N. The van der Waals surface area contributed by atoms with E-state index in [0.29, 0.717) is 6.04 Å². The van der Waals surface area contributed by atoms with E-state index in [1.165, 1.54) is 18.4 Å². The Kier molecular flexibility index (Phi) is 5.87. The van der Waals surface area contributed by atoms with Gasteiger partial charge in [-0.15, -0.1) is 0 Å². The van der Waals surface area contributed by atoms with Crippen LogP contribution in [0, 0.1) is 11.3 Å². The van der Waals surface area contributed by atoms with E-state index in [0.717, 1.165) is 12.5 Å². The van der Waals surface area contributed by atoms with Crippen LogP contribution in [-0.2, 0) is 0 Å². The van der Waals surface area contributed by atoms with Crippen LogP contribution in [0.5, 0.6) is 0 Å². The number of rotatable bonds is 6. The van der Waals surface area contributed by atoms with E-state index in [4.69, 9.17) is 0 Å². The highest BCUT2D eigenvalue weighted by atomic mass is 14.9. The lowest BCUT2D eigenvalue weighted by Gasteiger charge is -2.33. The summed E-state index contributed by atoms with van der Waals surface area (Å²) in [6.07, 6.45) is 2.58. The fourth-order valence-corrected chi connectivity index (χ4v) is 2.48. The highest BCUT2D eigenvalue weighted by Crippen LogP contribution is 2.32. The maximum Gasteiger partial charge on any atom is 0.0369 e. The zero-order valence-electron chi connectivity index (χ0n) is 12.7. The van der Waals surface area contributed by atoms with Crippen LogP contribution in [0.15, 0.2) is 30.3 Å². The van der Waals surface area contributed by atoms with Gasteiger partial charge in [0.05, 0.1) is 0 Å². The summed E-state index contributed by atoms with van der Waals surface area (Å²) >= 11 is 0. The van der Waals surface area contributed by atoms with Crippen molar-refractivity contribution in [2.75, 3.05) is 6.54 Å². The van der Waals surface area contributed by atoms with Crippen molar-refractivity contribution in [1.29, 1.82) is 0 Å². The Morgan fingerprint density at radius 2 is 1.72 bits per heavy atom. The lowest BCUT2D eigenvalue weighted by Crippen LogP contribution is -2.35. The molecule has 18 heavy (non-hydrogen) atoms. The monoisotopic (exact) mass is 247 g/mol. The van der Waals surface area contributed by atoms with Gasteiger partial charge in [-0.2, -0.15) is 0 Å². The van der Waals surface area contributed by atoms with E-state index in [9.17, 15) is 0 Å². The lowest BCUT2D eigenvalue weighted by atomic mass is 9.82. The molecule has 0 aliphatic heterocycles. The van der Waals surface area contributed by atoms with E-state index >= 15 is 0 Å². The fraction of sp³-hybridized carbons (Fsp3) is 0.647. The molecule has 0 saturated carbocycles. The van der Waals surface area contributed by atoms with Crippen molar-refractivity contribution < 1.29 is 0 Å². The zero-order chi connectivity index (χ0) is 13.6. The Morgan fingerprint density at radius 3 is 2.22 bits per heavy atom. The first kappa shape index (κ1) is 15.2. The maximum atomic E-state index is 3.76. The van der Waals surface area contributed by atoms with E-state index in [1.807, 2.05) is 0 Å². The van der Waals surface area contributed by atoms with E-state index in [-0.39, 0.29) is 5.41 Å². The van der Waals surface area contributed by atoms with E-state index < -0.39 is 0 Å². The van der Waals surface area contributed by atoms with Crippen molar-refractivity contribution in [1.82, 2.24) is 5.32 Å². The molecule has 0 heterocycles. The molecule has 1 nitrogen and oxygen atoms in total. The topological polar surface area (TPSA) is 12.0 Å². The minimum atomic E-state index is 0.243. The normalized spacial score (nSPS) is 15.4. The van der Waals surface area contributed by atoms with Gasteiger partial charge >= 0.3 is 0 Å². The summed E-state index contributed by atoms with van der Waals surface area (Å²) < 4.78 is 0. The van der Waals surface area contributed by atoms with Crippen molar-refractivity contribution in [3.63, 3.8) is 0 Å². The van der Waals surface area contributed by atoms with Crippen molar-refractivity contribution in [2.45, 2.75) is 53.5 Å². The van der Waals surface area contributed by atoms with Gasteiger partial charge in [0.2, 0.25) is 0 Å². The minimum absolute atomic E-state index is 0.243. The molecule has 1 heteroatoms. The molecule has 102 valence electrons. The van der Waals surface area contributed by atoms with Gasteiger partial charge in [-0.05, 0) is 29.9 Å². The van der Waals surface area contributed by atoms with Crippen molar-refractivity contribution in [3.05, 3.63) is 35.9 Å². The lowest BCUT2D eigenvalue weighted by molar-refractivity contribution is 0.260. The second-order valence-electron chi connectivity index (χ2n) is 6.51. The number of nitrogens with one attached hydrogen (secondary N) is 1. The number of benzene rings is 1. The Balaban J connectivity index is 2.69. The van der Waals surface area contributed by atoms with Crippen LogP contribution < -0.4 is 5.32 Å². The van der Waals surface area contributed by atoms with Crippen LogP contribution in [0.3, 0.4) is 0 Å². The molecule has 0 saturated heterocycles. The highest BCUT2D eigenvalue weighted by Gasteiger charge is 2.25. The molecule has 2 unspecified atom stereocenters. The van der Waals surface area contributed by atoms with Gasteiger partial charge in [0.15, 0.2) is 0 Å². The van der Waals surface area contributed by atoms with Crippen LogP contribution in [0.1, 0.15) is 59.1 Å². The third-order valence-electron chi connectivity index (χ3n) is 3.45. The zero-order valence-corrected chi connectivity index (χ0v) is 12.7. The summed E-state index contributed by atoms with van der Waals surface area (Å²) in [6, 6.07) is 11.2. The van der Waals surface area contributed by atoms with E-state index in [2.05, 4.69) is 70.3 Å². The molecule has 1 aromatic rings. The first-order chi connectivity index (χ1) is 8.45. The van der Waals surface area contributed by atoms with Crippen LogP contribution in [0.4, 0.5) is 0 Å². The van der Waals surface area contributed by atoms with Crippen molar-refractivity contribution in [3.8, 4) is 0 Å². The summed E-state index contributed by atoms with van der Waals surface area (Å²) in [4.78, 5) is 0. The maximum absolute atomic E-state index is 3.76. The average Bonchev–Trinajstić information content (AvgIpc) is 2.29. The summed E-state index contributed by atoms with van der Waals surface area (Å²) in [7, 11) is 0. The molecule has 1 rings (SSSR count). The van der Waals surface area contributed by atoms with Gasteiger partial charge in [0, 0.05) is 6.04 Å². The van der Waals surface area contributed by atoms with Gasteiger partial charge in [0.25, 0.3) is 0 Å². The second kappa shape index (κ2) is 6.94. The quantitative estimate of drug-likeness (QED) is 0.761. The van der Waals surface area contributed by atoms with E-state index in [1.54, 1.807) is 0 Å². The van der Waals surface area contributed by atoms with Crippen LogP contribution >= 0.6 is 0 Å². The molecule has 0 bridgehead atoms. The summed E-state index contributed by atoms with van der Waals surface area (Å²) in [5, 5.41) is 3.76. The van der Waals surface area contributed by atoms with Gasteiger partial charge in [-0.25, -0.2) is 0 Å². The third kappa shape index (κ3) is 4.81. The van der Waals surface area contributed by atoms with Crippen LogP contribution in [0.25, 0.3) is 0 Å². The largest absolute Gasteiger partial charge is 0.309 e. The average molecular weight is 247 g/mol. The molecule has 2 atom stereocenters. The summed E-state index contributed by atoms with van der Waals surface area (Å²) in [5.41, 5.74) is 1.64. The first-order valence-corrected chi connectivity index (χ1v) is 7.23. The van der Waals surface area contributed by atoms with Gasteiger partial charge in [0.1, 0.15) is 0 Å². The standard InChI is InChI=1S/C17H29N/c1-6-10-14(2)13-18-16(17(3,4)5)15-11-8-7-9-12-15/h7-9,11-12,14,16,18H,6,10,13H2,1-5H3. The van der Waals surface area contributed by atoms with Crippen LogP contribution in [-0.4, -0.2) is 6.54 Å². The Labute approximate surface area is 113 Å². The molecule has 0 aliphatic carbocycles. The molecule has 0 fully saturated rings.